The van der Waals surface area contributed by atoms with Crippen molar-refractivity contribution in [1.29, 1.82) is 0 Å². The first-order chi connectivity index (χ1) is 18.4. The van der Waals surface area contributed by atoms with E-state index >= 15 is 0 Å². The highest BCUT2D eigenvalue weighted by molar-refractivity contribution is 7.80. The third-order valence-corrected chi connectivity index (χ3v) is 4.70. The van der Waals surface area contributed by atoms with Crippen LogP contribution in [0.25, 0.3) is 0 Å². The van der Waals surface area contributed by atoms with E-state index in [4.69, 9.17) is 18.0 Å². The Morgan fingerprint density at radius 1 is 0.846 bits per heavy atom. The molecule has 7 nitrogen and oxygen atoms in total. The van der Waals surface area contributed by atoms with Gasteiger partial charge in [-0.1, -0.05) is 24.3 Å². The lowest BCUT2D eigenvalue weighted by molar-refractivity contribution is -0.274. The highest BCUT2D eigenvalue weighted by Gasteiger charge is 2.31. The molecule has 0 spiro atoms. The first-order valence-corrected chi connectivity index (χ1v) is 10.7. The van der Waals surface area contributed by atoms with Crippen molar-refractivity contribution in [2.45, 2.75) is 6.36 Å². The van der Waals surface area contributed by atoms with Gasteiger partial charge in [0.2, 0.25) is 5.82 Å². The molecule has 0 heterocycles. The van der Waals surface area contributed by atoms with Crippen LogP contribution in [0.1, 0.15) is 11.1 Å². The monoisotopic (exact) mass is 574 g/mol. The topological polar surface area (TPSA) is 96.4 Å². The molecule has 0 amide bonds. The van der Waals surface area contributed by atoms with E-state index in [0.717, 1.165) is 18.5 Å². The molecule has 0 aromatic heterocycles. The maximum atomic E-state index is 13.7. The molecule has 0 aliphatic carbocycles. The molecule has 0 aliphatic rings. The molecule has 0 bridgehead atoms. The van der Waals surface area contributed by atoms with Crippen LogP contribution in [0.3, 0.4) is 0 Å². The molecular formula is C23H14F8N6OS. The highest BCUT2D eigenvalue weighted by Crippen LogP contribution is 2.27. The van der Waals surface area contributed by atoms with E-state index in [1.807, 2.05) is 5.32 Å². The minimum atomic E-state index is -4.80. The first kappa shape index (κ1) is 29.0. The molecule has 0 saturated heterocycles. The number of aliphatic imine (C=N–C) groups is 2. The lowest BCUT2D eigenvalue weighted by Gasteiger charge is -2.10. The van der Waals surface area contributed by atoms with Gasteiger partial charge in [0.05, 0.1) is 11.9 Å². The van der Waals surface area contributed by atoms with E-state index in [9.17, 15) is 35.1 Å². The Hall–Kier alpha value is -4.60. The normalized spacial score (nSPS) is 12.3. The summed E-state index contributed by atoms with van der Waals surface area (Å²) in [6.07, 6.45) is -2.47. The number of nitrogens with one attached hydrogen (secondary N) is 2. The van der Waals surface area contributed by atoms with Crippen molar-refractivity contribution in [3.63, 3.8) is 0 Å². The second-order valence-corrected chi connectivity index (χ2v) is 7.60. The summed E-state index contributed by atoms with van der Waals surface area (Å²) < 4.78 is 107. The second-order valence-electron chi connectivity index (χ2n) is 7.19. The number of hydrogen-bond acceptors (Lipinski definition) is 4. The summed E-state index contributed by atoms with van der Waals surface area (Å²) in [5.74, 6) is -11.1. The summed E-state index contributed by atoms with van der Waals surface area (Å²) in [7, 11) is 0. The predicted octanol–water partition coefficient (Wildman–Crippen LogP) is 5.67. The van der Waals surface area contributed by atoms with Crippen molar-refractivity contribution in [3.8, 4) is 5.75 Å². The number of rotatable bonds is 7. The minimum Gasteiger partial charge on any atom is -0.406 e. The maximum absolute atomic E-state index is 13.7. The molecule has 204 valence electrons. The van der Waals surface area contributed by atoms with Gasteiger partial charge in [-0.25, -0.2) is 31.9 Å². The van der Waals surface area contributed by atoms with Crippen molar-refractivity contribution in [3.05, 3.63) is 88.7 Å². The molecule has 0 unspecified atom stereocenters. The van der Waals surface area contributed by atoms with Gasteiger partial charge in [0.1, 0.15) is 23.6 Å². The van der Waals surface area contributed by atoms with Gasteiger partial charge in [-0.2, -0.15) is 5.10 Å². The van der Waals surface area contributed by atoms with Crippen molar-refractivity contribution in [1.82, 2.24) is 5.43 Å². The summed E-state index contributed by atoms with van der Waals surface area (Å²) in [5, 5.41) is 5.01. The zero-order chi connectivity index (χ0) is 28.7. The fourth-order valence-corrected chi connectivity index (χ4v) is 2.88. The smallest absolute Gasteiger partial charge is 0.406 e. The minimum absolute atomic E-state index is 0.0607. The lowest BCUT2D eigenvalue weighted by Crippen LogP contribution is -2.26. The third kappa shape index (κ3) is 7.94. The lowest BCUT2D eigenvalue weighted by atomic mass is 10.1. The predicted molar refractivity (Wildman–Crippen MR) is 132 cm³/mol. The number of ether oxygens (including phenoxy) is 1. The molecular weight excluding hydrogens is 560 g/mol. The first-order valence-electron chi connectivity index (χ1n) is 10.3. The van der Waals surface area contributed by atoms with Gasteiger partial charge >= 0.3 is 6.36 Å². The molecule has 0 fully saturated rings. The molecule has 39 heavy (non-hydrogen) atoms. The second kappa shape index (κ2) is 12.3. The standard InChI is InChI=1S/C23H14F8N6OS/c24-15-16(25)18(27)20(19(28)17(15)26)36-22(39)37-35-9-11-1-3-12(4-2-11)21(32)34-10-33-13-5-7-14(8-6-13)38-23(29,30)31/h1-10H,(H2,32,33,34)(H2,36,37,39)/b35-9+. The number of nitrogens with zero attached hydrogens (tertiary/aromatic N) is 3. The fraction of sp³-hybridized carbons (Fsp3) is 0.0435. The number of thiocarbonyl (C=S) groups is 1. The summed E-state index contributed by atoms with van der Waals surface area (Å²) in [4.78, 5) is 7.89. The Morgan fingerprint density at radius 3 is 1.97 bits per heavy atom. The van der Waals surface area contributed by atoms with Crippen LogP contribution in [0, 0.1) is 29.1 Å². The Bertz CT molecular complexity index is 1410. The van der Waals surface area contributed by atoms with Crippen molar-refractivity contribution in [2.24, 2.45) is 20.8 Å². The Kier molecular flexibility index (Phi) is 9.13. The average molecular weight is 574 g/mol. The van der Waals surface area contributed by atoms with Crippen molar-refractivity contribution < 1.29 is 39.9 Å². The number of hydrazone groups is 1. The van der Waals surface area contributed by atoms with E-state index in [1.165, 1.54) is 18.3 Å². The van der Waals surface area contributed by atoms with Crippen LogP contribution < -0.4 is 21.2 Å². The van der Waals surface area contributed by atoms with Crippen LogP contribution in [0.4, 0.5) is 46.5 Å². The zero-order valence-electron chi connectivity index (χ0n) is 19.0. The van der Waals surface area contributed by atoms with E-state index < -0.39 is 52.0 Å². The van der Waals surface area contributed by atoms with Gasteiger partial charge in [-0.15, -0.1) is 13.2 Å². The molecule has 3 rings (SSSR count). The van der Waals surface area contributed by atoms with Gasteiger partial charge in [0, 0.05) is 5.56 Å². The van der Waals surface area contributed by atoms with Crippen LogP contribution >= 0.6 is 12.2 Å². The quantitative estimate of drug-likeness (QED) is 0.0644. The Morgan fingerprint density at radius 2 is 1.41 bits per heavy atom. The SMILES string of the molecule is NC(=NC=Nc1ccc(OC(F)(F)F)cc1)c1ccc(/C=N/NC(=S)Nc2c(F)c(F)c(F)c(F)c2F)cc1. The third-order valence-electron chi connectivity index (χ3n) is 4.51. The van der Waals surface area contributed by atoms with Crippen LogP contribution in [-0.2, 0) is 0 Å². The Balaban J connectivity index is 1.56. The summed E-state index contributed by atoms with van der Waals surface area (Å²) in [6.45, 7) is 0. The maximum Gasteiger partial charge on any atom is 0.573 e. The number of halogens is 8. The molecule has 3 aromatic rings. The highest BCUT2D eigenvalue weighted by atomic mass is 32.1. The van der Waals surface area contributed by atoms with E-state index in [2.05, 4.69) is 25.2 Å². The van der Waals surface area contributed by atoms with Gasteiger partial charge in [-0.05, 0) is 42.0 Å². The van der Waals surface area contributed by atoms with Gasteiger partial charge < -0.3 is 15.8 Å². The van der Waals surface area contributed by atoms with Crippen LogP contribution in [0.15, 0.2) is 63.6 Å². The van der Waals surface area contributed by atoms with Crippen LogP contribution in [0.5, 0.6) is 5.75 Å². The number of amidine groups is 1. The largest absolute Gasteiger partial charge is 0.573 e. The average Bonchev–Trinajstić information content (AvgIpc) is 2.89. The number of hydrogen-bond donors (Lipinski definition) is 3. The molecule has 4 N–H and O–H groups in total. The summed E-state index contributed by atoms with van der Waals surface area (Å²) >= 11 is 4.74. The van der Waals surface area contributed by atoms with E-state index in [-0.39, 0.29) is 5.84 Å². The fourth-order valence-electron chi connectivity index (χ4n) is 2.73. The van der Waals surface area contributed by atoms with Crippen LogP contribution in [0.2, 0.25) is 0 Å². The van der Waals surface area contributed by atoms with Crippen molar-refractivity contribution in [2.75, 3.05) is 5.32 Å². The number of nitrogens with two attached hydrogens (primary N) is 1. The Labute approximate surface area is 219 Å². The number of alkyl halides is 3. The molecule has 0 saturated carbocycles. The van der Waals surface area contributed by atoms with Gasteiger partial charge in [-0.3, -0.25) is 5.43 Å². The molecule has 3 aromatic carbocycles. The van der Waals surface area contributed by atoms with Gasteiger partial charge in [0.15, 0.2) is 28.4 Å². The number of anilines is 1. The van der Waals surface area contributed by atoms with E-state index in [0.29, 0.717) is 16.8 Å². The number of benzene rings is 3. The summed E-state index contributed by atoms with van der Waals surface area (Å²) in [6, 6.07) is 11.0. The van der Waals surface area contributed by atoms with E-state index in [1.54, 1.807) is 24.3 Å². The van der Waals surface area contributed by atoms with Crippen LogP contribution in [-0.4, -0.2) is 29.9 Å². The molecule has 0 atom stereocenters. The zero-order valence-corrected chi connectivity index (χ0v) is 19.8. The molecule has 0 radical (unpaired) electrons. The molecule has 16 heteroatoms. The van der Waals surface area contributed by atoms with Gasteiger partial charge in [0.25, 0.3) is 0 Å². The molecule has 0 aliphatic heterocycles. The van der Waals surface area contributed by atoms with Crippen molar-refractivity contribution >= 4 is 47.1 Å². The summed E-state index contributed by atoms with van der Waals surface area (Å²) in [5.41, 5.74) is 7.98.